The van der Waals surface area contributed by atoms with Crippen LogP contribution in [0.4, 0.5) is 11.4 Å². The van der Waals surface area contributed by atoms with E-state index in [9.17, 15) is 9.59 Å². The van der Waals surface area contributed by atoms with Gasteiger partial charge in [-0.25, -0.2) is 0 Å². The van der Waals surface area contributed by atoms with E-state index in [0.717, 1.165) is 5.56 Å². The number of hydrogen-bond donors (Lipinski definition) is 1. The minimum absolute atomic E-state index is 0.0535. The molecule has 7 heteroatoms. The number of ether oxygens (including phenoxy) is 2. The predicted octanol–water partition coefficient (Wildman–Crippen LogP) is 4.64. The smallest absolute Gasteiger partial charge is 0.259 e. The zero-order valence-electron chi connectivity index (χ0n) is 16.2. The lowest BCUT2D eigenvalue weighted by molar-refractivity contribution is -0.115. The summed E-state index contributed by atoms with van der Waals surface area (Å²) in [5, 5.41) is 2.78. The standard InChI is InChI=1S/C23H19BrN2O4/c1-29-20-12-16(11-17(24)22(20)30-14-15-7-3-2-4-8-15)23(28)26-13-21(27)25-18-9-5-6-10-19(18)26/h2-12H,13-14H2,1H3,(H,25,27). The van der Waals surface area contributed by atoms with Gasteiger partial charge in [0.05, 0.1) is 23.0 Å². The van der Waals surface area contributed by atoms with Gasteiger partial charge in [-0.15, -0.1) is 0 Å². The van der Waals surface area contributed by atoms with Crippen molar-refractivity contribution in [2.45, 2.75) is 6.61 Å². The van der Waals surface area contributed by atoms with Gasteiger partial charge in [-0.3, -0.25) is 14.5 Å². The van der Waals surface area contributed by atoms with Crippen molar-refractivity contribution in [2.24, 2.45) is 0 Å². The van der Waals surface area contributed by atoms with Gasteiger partial charge < -0.3 is 14.8 Å². The molecular weight excluding hydrogens is 448 g/mol. The van der Waals surface area contributed by atoms with Gasteiger partial charge in [0.15, 0.2) is 11.5 Å². The number of amides is 2. The molecule has 30 heavy (non-hydrogen) atoms. The zero-order chi connectivity index (χ0) is 21.1. The van der Waals surface area contributed by atoms with Gasteiger partial charge in [0.2, 0.25) is 5.91 Å². The number of hydrogen-bond acceptors (Lipinski definition) is 4. The maximum Gasteiger partial charge on any atom is 0.259 e. The Bertz CT molecular complexity index is 1100. The normalized spacial score (nSPS) is 12.7. The summed E-state index contributed by atoms with van der Waals surface area (Å²) in [6.45, 7) is 0.310. The van der Waals surface area contributed by atoms with Gasteiger partial charge >= 0.3 is 0 Å². The van der Waals surface area contributed by atoms with E-state index in [-0.39, 0.29) is 18.4 Å². The monoisotopic (exact) mass is 466 g/mol. The van der Waals surface area contributed by atoms with Crippen LogP contribution in [0.1, 0.15) is 15.9 Å². The highest BCUT2D eigenvalue weighted by Crippen LogP contribution is 2.38. The molecule has 1 aliphatic heterocycles. The van der Waals surface area contributed by atoms with Crippen LogP contribution < -0.4 is 19.7 Å². The number of benzene rings is 3. The van der Waals surface area contributed by atoms with Gasteiger partial charge in [-0.05, 0) is 45.8 Å². The van der Waals surface area contributed by atoms with E-state index >= 15 is 0 Å². The van der Waals surface area contributed by atoms with Crippen LogP contribution in [0.15, 0.2) is 71.2 Å². The number of methoxy groups -OCH3 is 1. The van der Waals surface area contributed by atoms with Gasteiger partial charge in [0.25, 0.3) is 5.91 Å². The second-order valence-electron chi connectivity index (χ2n) is 6.72. The van der Waals surface area contributed by atoms with E-state index in [1.165, 1.54) is 12.0 Å². The lowest BCUT2D eigenvalue weighted by Gasteiger charge is -2.29. The molecule has 0 radical (unpaired) electrons. The summed E-state index contributed by atoms with van der Waals surface area (Å²) in [7, 11) is 1.52. The lowest BCUT2D eigenvalue weighted by Crippen LogP contribution is -2.42. The molecule has 0 bridgehead atoms. The minimum Gasteiger partial charge on any atom is -0.493 e. The minimum atomic E-state index is -0.300. The topological polar surface area (TPSA) is 67.9 Å². The second kappa shape index (κ2) is 8.59. The van der Waals surface area contributed by atoms with Crippen molar-refractivity contribution in [3.05, 3.63) is 82.3 Å². The van der Waals surface area contributed by atoms with Crippen LogP contribution in [-0.4, -0.2) is 25.5 Å². The highest BCUT2D eigenvalue weighted by molar-refractivity contribution is 9.10. The highest BCUT2D eigenvalue weighted by atomic mass is 79.9. The van der Waals surface area contributed by atoms with Gasteiger partial charge in [-0.1, -0.05) is 42.5 Å². The van der Waals surface area contributed by atoms with Gasteiger partial charge in [0, 0.05) is 5.56 Å². The van der Waals surface area contributed by atoms with E-state index in [1.807, 2.05) is 42.5 Å². The van der Waals surface area contributed by atoms with E-state index in [4.69, 9.17) is 9.47 Å². The first-order valence-corrected chi connectivity index (χ1v) is 10.1. The van der Waals surface area contributed by atoms with Crippen molar-refractivity contribution in [1.82, 2.24) is 0 Å². The molecule has 2 amide bonds. The molecule has 0 saturated carbocycles. The third-order valence-electron chi connectivity index (χ3n) is 4.72. The Kier molecular flexibility index (Phi) is 5.72. The number of carbonyl (C=O) groups excluding carboxylic acids is 2. The largest absolute Gasteiger partial charge is 0.493 e. The molecule has 152 valence electrons. The molecule has 6 nitrogen and oxygen atoms in total. The summed E-state index contributed by atoms with van der Waals surface area (Å²) in [4.78, 5) is 26.8. The molecule has 0 atom stereocenters. The first-order chi connectivity index (χ1) is 14.6. The molecule has 4 rings (SSSR count). The van der Waals surface area contributed by atoms with Crippen LogP contribution in [0.3, 0.4) is 0 Å². The Balaban J connectivity index is 1.63. The fraction of sp³-hybridized carbons (Fsp3) is 0.130. The second-order valence-corrected chi connectivity index (χ2v) is 7.57. The average molecular weight is 467 g/mol. The van der Waals surface area contributed by atoms with Crippen molar-refractivity contribution in [1.29, 1.82) is 0 Å². The summed E-state index contributed by atoms with van der Waals surface area (Å²) >= 11 is 3.49. The maximum absolute atomic E-state index is 13.2. The number of nitrogens with one attached hydrogen (secondary N) is 1. The Morgan fingerprint density at radius 3 is 2.60 bits per heavy atom. The molecule has 3 aromatic carbocycles. The van der Waals surface area contributed by atoms with Gasteiger partial charge in [-0.2, -0.15) is 0 Å². The van der Waals surface area contributed by atoms with Crippen LogP contribution in [0.2, 0.25) is 0 Å². The third-order valence-corrected chi connectivity index (χ3v) is 5.31. The quantitative estimate of drug-likeness (QED) is 0.594. The van der Waals surface area contributed by atoms with Crippen LogP contribution in [0.25, 0.3) is 0 Å². The SMILES string of the molecule is COc1cc(C(=O)N2CC(=O)Nc3ccccc32)cc(Br)c1OCc1ccccc1. The maximum atomic E-state index is 13.2. The van der Waals surface area contributed by atoms with Crippen LogP contribution in [-0.2, 0) is 11.4 Å². The Hall–Kier alpha value is -3.32. The van der Waals surface area contributed by atoms with Crippen LogP contribution >= 0.6 is 15.9 Å². The molecular formula is C23H19BrN2O4. The molecule has 1 aliphatic rings. The number of para-hydroxylation sites is 2. The number of rotatable bonds is 5. The third kappa shape index (κ3) is 4.02. The van der Waals surface area contributed by atoms with Crippen molar-refractivity contribution in [2.75, 3.05) is 23.9 Å². The Morgan fingerprint density at radius 1 is 1.10 bits per heavy atom. The van der Waals surface area contributed by atoms with Gasteiger partial charge in [0.1, 0.15) is 13.2 Å². The number of halogens is 1. The first-order valence-electron chi connectivity index (χ1n) is 9.32. The summed E-state index contributed by atoms with van der Waals surface area (Å²) in [5.41, 5.74) is 2.66. The van der Waals surface area contributed by atoms with Crippen LogP contribution in [0, 0.1) is 0 Å². The molecule has 0 aliphatic carbocycles. The molecule has 0 spiro atoms. The number of carbonyl (C=O) groups is 2. The fourth-order valence-electron chi connectivity index (χ4n) is 3.28. The number of fused-ring (bicyclic) bond motifs is 1. The fourth-order valence-corrected chi connectivity index (χ4v) is 3.84. The Labute approximate surface area is 182 Å². The first kappa shape index (κ1) is 20.0. The summed E-state index contributed by atoms with van der Waals surface area (Å²) in [6.07, 6.45) is 0. The van der Waals surface area contributed by atoms with E-state index in [1.54, 1.807) is 24.3 Å². The molecule has 0 saturated heterocycles. The lowest BCUT2D eigenvalue weighted by atomic mass is 10.1. The molecule has 1 heterocycles. The predicted molar refractivity (Wildman–Crippen MR) is 118 cm³/mol. The summed E-state index contributed by atoms with van der Waals surface area (Å²) < 4.78 is 12.0. The molecule has 1 N–H and O–H groups in total. The van der Waals surface area contributed by atoms with Crippen molar-refractivity contribution < 1.29 is 19.1 Å². The average Bonchev–Trinajstić information content (AvgIpc) is 2.77. The van der Waals surface area contributed by atoms with Crippen LogP contribution in [0.5, 0.6) is 11.5 Å². The van der Waals surface area contributed by atoms with E-state index in [2.05, 4.69) is 21.2 Å². The summed E-state index contributed by atoms with van der Waals surface area (Å²) in [5.74, 6) is 0.398. The molecule has 0 unspecified atom stereocenters. The number of nitrogens with zero attached hydrogens (tertiary/aromatic N) is 1. The molecule has 0 fully saturated rings. The zero-order valence-corrected chi connectivity index (χ0v) is 17.8. The number of anilines is 2. The van der Waals surface area contributed by atoms with E-state index < -0.39 is 0 Å². The molecule has 3 aromatic rings. The van der Waals surface area contributed by atoms with Crippen molar-refractivity contribution >= 4 is 39.1 Å². The van der Waals surface area contributed by atoms with Crippen molar-refractivity contribution in [3.8, 4) is 11.5 Å². The van der Waals surface area contributed by atoms with Crippen molar-refractivity contribution in [3.63, 3.8) is 0 Å². The molecule has 0 aromatic heterocycles. The summed E-state index contributed by atoms with van der Waals surface area (Å²) in [6, 6.07) is 20.3. The highest BCUT2D eigenvalue weighted by Gasteiger charge is 2.28. The van der Waals surface area contributed by atoms with E-state index in [0.29, 0.717) is 39.5 Å². The Morgan fingerprint density at radius 2 is 1.83 bits per heavy atom.